The minimum Gasteiger partial charge on any atom is -0.305 e. The minimum absolute atomic E-state index is 0. The Morgan fingerprint density at radius 2 is 0.721 bits per heavy atom. The molecule has 0 unspecified atom stereocenters. The molecule has 0 aliphatic carbocycles. The van der Waals surface area contributed by atoms with Gasteiger partial charge in [-0.05, 0) is 123 Å². The van der Waals surface area contributed by atoms with Crippen LogP contribution in [0, 0.1) is 43.3 Å². The summed E-state index contributed by atoms with van der Waals surface area (Å²) in [6.07, 6.45) is 7.34. The third-order valence-corrected chi connectivity index (χ3v) is 17.7. The van der Waals surface area contributed by atoms with Crippen LogP contribution in [0.4, 0.5) is 0 Å². The van der Waals surface area contributed by atoms with Crippen molar-refractivity contribution in [3.63, 3.8) is 0 Å². The molecule has 0 saturated heterocycles. The molecule has 8 aromatic heterocycles. The number of ketones is 4. The van der Waals surface area contributed by atoms with Gasteiger partial charge in [-0.1, -0.05) is 165 Å². The molecule has 0 aliphatic heterocycles. The maximum Gasteiger partial charge on any atom is 0.137 e. The van der Waals surface area contributed by atoms with Crippen LogP contribution in [0.25, 0.3) is 119 Å². The Balaban J connectivity index is 0.000000202. The van der Waals surface area contributed by atoms with Gasteiger partial charge in [-0.15, -0.1) is 190 Å². The van der Waals surface area contributed by atoms with Crippen molar-refractivity contribution in [2.24, 2.45) is 0 Å². The molecule has 0 atom stereocenters. The van der Waals surface area contributed by atoms with Gasteiger partial charge < -0.3 is 19.9 Å². The number of aryl methyl sites for hydroxylation is 1. The summed E-state index contributed by atoms with van der Waals surface area (Å²) in [6.45, 7) is 7.72. The summed E-state index contributed by atoms with van der Waals surface area (Å²) in [6, 6.07) is 123. The quantitative estimate of drug-likeness (QED) is 0.0906. The summed E-state index contributed by atoms with van der Waals surface area (Å²) in [5.74, 6) is -0.250. The SMILES string of the molecule is CC(=O)CC(C)=O.CC(=O)CC(C)=O.Cc1ccc[c-]c1-c1cc(-c2ccccc2)c2ccccc2n1.[Ir].[Ir].[Ir].[Ir].[c-]1c(-c2ccc3ccccc3n2)sc2ccccc12.[c-]1c(-c2ccccn2)sc2ccccc12.[c-]1ccccc1-c1ccccn1.[c-]1ccccc1-c1ccccn1.[c-]1ccccc1-c1ccccn1. The molecule has 111 heavy (non-hydrogen) atoms. The van der Waals surface area contributed by atoms with Gasteiger partial charge >= 0.3 is 0 Å². The van der Waals surface area contributed by atoms with Crippen LogP contribution in [-0.4, -0.2) is 53.0 Å². The number of Topliss-reactive ketones (excluding diaryl/α,β-unsaturated/α-hetero) is 4. The molecule has 9 aromatic carbocycles. The summed E-state index contributed by atoms with van der Waals surface area (Å²) >= 11 is 3.47. The first-order valence-corrected chi connectivity index (χ1v) is 36.1. The second-order valence-corrected chi connectivity index (χ2v) is 26.1. The van der Waals surface area contributed by atoms with Crippen molar-refractivity contribution >= 4 is 87.8 Å². The number of pyridine rings is 6. The van der Waals surface area contributed by atoms with E-state index in [1.807, 2.05) is 206 Å². The molecule has 4 radical (unpaired) electrons. The number of carbonyl (C=O) groups excluding carboxylic acids is 4. The Bertz CT molecular complexity index is 5220. The van der Waals surface area contributed by atoms with Crippen LogP contribution in [0.5, 0.6) is 0 Å². The molecule has 0 fully saturated rings. The van der Waals surface area contributed by atoms with Gasteiger partial charge in [-0.25, -0.2) is 22.7 Å². The van der Waals surface area contributed by atoms with Crippen LogP contribution in [0.15, 0.2) is 334 Å². The second-order valence-electron chi connectivity index (χ2n) is 24.0. The molecular formula is C95H74Ir4N6O4S2-6. The van der Waals surface area contributed by atoms with Crippen LogP contribution in [0.3, 0.4) is 0 Å². The summed E-state index contributed by atoms with van der Waals surface area (Å²) in [7, 11) is 0. The zero-order valence-electron chi connectivity index (χ0n) is 61.1. The molecular weight excluding hydrogens is 2120 g/mol. The van der Waals surface area contributed by atoms with Gasteiger partial charge in [0.2, 0.25) is 0 Å². The molecule has 17 aromatic rings. The van der Waals surface area contributed by atoms with Crippen molar-refractivity contribution in [1.29, 1.82) is 0 Å². The monoisotopic (exact) mass is 2200 g/mol. The Hall–Kier alpha value is -10.4. The standard InChI is InChI=1S/C22H16N.C17H10NS.C13H8NS.3C11H8N.2C5H8O2.4Ir/c1-16-9-5-6-12-18(16)22-15-20(17-10-3-2-4-11-17)19-13-7-8-14-21(19)23-22;1-3-7-14-12(5-1)9-10-15(18-14)17-11-13-6-2-4-8-16(13)19-17;1-2-7-12-10(5-1)9-13(15-12)11-6-3-4-8-14-11;3*1-2-6-10(7-3-1)11-8-4-5-9-12-11;2*1-4(6)3-5(2)7;;;;/h2-11,13-15H,1H3;1-10H;1-8H;3*1-6,8-9H;2*3H2,1-2H3;;;;/q6*-1;;;;;;. The van der Waals surface area contributed by atoms with E-state index in [-0.39, 0.29) is 116 Å². The zero-order valence-corrected chi connectivity index (χ0v) is 72.3. The average molecular weight is 2200 g/mol. The Labute approximate surface area is 711 Å². The summed E-state index contributed by atoms with van der Waals surface area (Å²) in [4.78, 5) is 68.9. The third kappa shape index (κ3) is 28.8. The maximum atomic E-state index is 10.0. The van der Waals surface area contributed by atoms with E-state index in [2.05, 4.69) is 172 Å². The molecule has 10 nitrogen and oxygen atoms in total. The van der Waals surface area contributed by atoms with Crippen molar-refractivity contribution < 1.29 is 99.6 Å². The van der Waals surface area contributed by atoms with Crippen LogP contribution < -0.4 is 0 Å². The second kappa shape index (κ2) is 48.3. The van der Waals surface area contributed by atoms with Crippen LogP contribution in [0.1, 0.15) is 46.1 Å². The van der Waals surface area contributed by atoms with Crippen molar-refractivity contribution in [2.45, 2.75) is 47.5 Å². The van der Waals surface area contributed by atoms with Gasteiger partial charge in [-0.3, -0.25) is 29.1 Å². The molecule has 0 saturated carbocycles. The van der Waals surface area contributed by atoms with E-state index in [1.165, 1.54) is 69.9 Å². The van der Waals surface area contributed by atoms with E-state index in [0.717, 1.165) is 82.6 Å². The number of hydrogen-bond acceptors (Lipinski definition) is 12. The molecule has 0 N–H and O–H groups in total. The molecule has 8 heterocycles. The van der Waals surface area contributed by atoms with Gasteiger partial charge in [0, 0.05) is 122 Å². The number of benzene rings is 9. The van der Waals surface area contributed by atoms with Gasteiger partial charge in [0.25, 0.3) is 0 Å². The van der Waals surface area contributed by atoms with E-state index < -0.39 is 0 Å². The Morgan fingerprint density at radius 1 is 0.333 bits per heavy atom. The van der Waals surface area contributed by atoms with Gasteiger partial charge in [0.05, 0.1) is 23.9 Å². The first-order valence-electron chi connectivity index (χ1n) is 34.5. The zero-order chi connectivity index (χ0) is 74.8. The number of thiophene rings is 2. The van der Waals surface area contributed by atoms with Gasteiger partial charge in [0.15, 0.2) is 0 Å². The summed E-state index contributed by atoms with van der Waals surface area (Å²) in [5.41, 5.74) is 15.7. The van der Waals surface area contributed by atoms with Crippen molar-refractivity contribution in [3.05, 3.63) is 376 Å². The van der Waals surface area contributed by atoms with Crippen molar-refractivity contribution in [1.82, 2.24) is 29.9 Å². The predicted molar refractivity (Wildman–Crippen MR) is 439 cm³/mol. The van der Waals surface area contributed by atoms with E-state index in [4.69, 9.17) is 9.97 Å². The normalized spacial score (nSPS) is 9.77. The maximum absolute atomic E-state index is 10.0. The Kier molecular flexibility index (Phi) is 38.9. The van der Waals surface area contributed by atoms with E-state index in [1.54, 1.807) is 41.3 Å². The Morgan fingerprint density at radius 3 is 1.14 bits per heavy atom. The molecule has 0 aliphatic rings. The van der Waals surface area contributed by atoms with Crippen LogP contribution in [0.2, 0.25) is 0 Å². The smallest absolute Gasteiger partial charge is 0.137 e. The number of nitrogens with zero attached hydrogens (tertiary/aromatic N) is 6. The largest absolute Gasteiger partial charge is 0.305 e. The molecule has 17 rings (SSSR count). The molecule has 16 heteroatoms. The van der Waals surface area contributed by atoms with Gasteiger partial charge in [0.1, 0.15) is 23.1 Å². The first kappa shape index (κ1) is 89.5. The van der Waals surface area contributed by atoms with E-state index in [0.29, 0.717) is 0 Å². The molecule has 0 amide bonds. The fraction of sp³-hybridized carbons (Fsp3) is 0.0737. The minimum atomic E-state index is -0.0625. The molecule has 0 bridgehead atoms. The molecule has 562 valence electrons. The van der Waals surface area contributed by atoms with E-state index in [9.17, 15) is 19.2 Å². The number of carbonyl (C=O) groups is 4. The van der Waals surface area contributed by atoms with Crippen molar-refractivity contribution in [2.75, 3.05) is 0 Å². The number of fused-ring (bicyclic) bond motifs is 4. The fourth-order valence-corrected chi connectivity index (χ4v) is 12.6. The summed E-state index contributed by atoms with van der Waals surface area (Å²) < 4.78 is 2.52. The predicted octanol–water partition coefficient (Wildman–Crippen LogP) is 23.1. The number of rotatable bonds is 11. The number of hydrogen-bond donors (Lipinski definition) is 0. The third-order valence-electron chi connectivity index (χ3n) is 15.5. The van der Waals surface area contributed by atoms with E-state index >= 15 is 0 Å². The number of aromatic nitrogens is 6. The average Bonchev–Trinajstić information content (AvgIpc) is 1.71. The first-order chi connectivity index (χ1) is 52.3. The van der Waals surface area contributed by atoms with Crippen LogP contribution >= 0.6 is 22.7 Å². The topological polar surface area (TPSA) is 146 Å². The van der Waals surface area contributed by atoms with Crippen molar-refractivity contribution in [3.8, 4) is 77.3 Å². The summed E-state index contributed by atoms with van der Waals surface area (Å²) in [5, 5.41) is 4.68. The van der Waals surface area contributed by atoms with Gasteiger partial charge in [-0.2, -0.15) is 0 Å². The van der Waals surface area contributed by atoms with Crippen LogP contribution in [-0.2, 0) is 99.6 Å². The molecule has 0 spiro atoms. The number of para-hydroxylation sites is 2. The fourth-order valence-electron chi connectivity index (χ4n) is 10.6.